The molecule has 250 valence electrons. The number of nitrogens with zero attached hydrogens (tertiary/aromatic N) is 4. The molecule has 0 aliphatic carbocycles. The first kappa shape index (κ1) is 35.3. The van der Waals surface area contributed by atoms with E-state index in [1.54, 1.807) is 0 Å². The molecular weight excluding hydrogens is 653 g/mol. The van der Waals surface area contributed by atoms with Crippen molar-refractivity contribution >= 4 is 34.2 Å². The van der Waals surface area contributed by atoms with Gasteiger partial charge in [-0.3, -0.25) is 9.59 Å². The smallest absolute Gasteiger partial charge is 0.378 e. The molecule has 4 aromatic rings. The van der Waals surface area contributed by atoms with Crippen molar-refractivity contribution in [3.8, 4) is 12.1 Å². The summed E-state index contributed by atoms with van der Waals surface area (Å²) < 4.78 is 102. The lowest BCUT2D eigenvalue weighted by Crippen LogP contribution is -2.52. The van der Waals surface area contributed by atoms with Gasteiger partial charge in [-0.2, -0.15) is 36.9 Å². The Morgan fingerprint density at radius 1 is 0.854 bits per heavy atom. The lowest BCUT2D eigenvalue weighted by atomic mass is 10.0. The molecule has 0 aliphatic rings. The Morgan fingerprint density at radius 3 is 1.88 bits per heavy atom. The maximum absolute atomic E-state index is 13.8. The Bertz CT molecular complexity index is 1980. The van der Waals surface area contributed by atoms with E-state index in [1.165, 1.54) is 36.0 Å². The maximum atomic E-state index is 13.8. The Kier molecular flexibility index (Phi) is 9.52. The largest absolute Gasteiger partial charge is 0.417 e. The third-order valence-corrected chi connectivity index (χ3v) is 7.10. The van der Waals surface area contributed by atoms with Gasteiger partial charge in [0.2, 0.25) is 0 Å². The van der Waals surface area contributed by atoms with Crippen molar-refractivity contribution < 1.29 is 50.2 Å². The summed E-state index contributed by atoms with van der Waals surface area (Å²) in [4.78, 5) is 30.7. The van der Waals surface area contributed by atoms with Crippen molar-refractivity contribution in [1.29, 1.82) is 10.5 Å². The molecule has 0 unspecified atom stereocenters. The minimum absolute atomic E-state index is 0.173. The third-order valence-electron chi connectivity index (χ3n) is 7.10. The van der Waals surface area contributed by atoms with Gasteiger partial charge in [0.1, 0.15) is 5.82 Å². The van der Waals surface area contributed by atoms with Gasteiger partial charge in [-0.15, -0.1) is 0 Å². The number of imidazole rings is 1. The lowest BCUT2D eigenvalue weighted by Gasteiger charge is -2.33. The molecule has 0 saturated carbocycles. The first-order valence-electron chi connectivity index (χ1n) is 13.6. The van der Waals surface area contributed by atoms with Crippen molar-refractivity contribution in [2.75, 3.05) is 17.2 Å². The summed E-state index contributed by atoms with van der Waals surface area (Å²) in [5, 5.41) is 33.4. The van der Waals surface area contributed by atoms with Crippen LogP contribution in [0.15, 0.2) is 60.9 Å². The highest BCUT2D eigenvalue weighted by molar-refractivity contribution is 5.98. The normalized spacial score (nSPS) is 14.3. The van der Waals surface area contributed by atoms with Crippen LogP contribution < -0.4 is 10.6 Å². The monoisotopic (exact) mass is 676 g/mol. The number of anilines is 2. The van der Waals surface area contributed by atoms with E-state index in [-0.39, 0.29) is 11.2 Å². The van der Waals surface area contributed by atoms with E-state index >= 15 is 0 Å². The van der Waals surface area contributed by atoms with Crippen molar-refractivity contribution in [1.82, 2.24) is 9.55 Å². The molecule has 0 radical (unpaired) electrons. The van der Waals surface area contributed by atoms with Crippen molar-refractivity contribution in [2.24, 2.45) is 0 Å². The fraction of sp³-hybridized carbons (Fsp3) is 0.258. The number of nitriles is 2. The number of amides is 2. The number of aliphatic hydroxyl groups is 1. The number of alkyl halides is 6. The van der Waals surface area contributed by atoms with Gasteiger partial charge in [0.05, 0.1) is 64.9 Å². The van der Waals surface area contributed by atoms with Crippen LogP contribution in [0.1, 0.15) is 36.1 Å². The molecule has 1 heterocycles. The molecule has 0 spiro atoms. The number of hydrogen-bond donors (Lipinski definition) is 3. The fourth-order valence-corrected chi connectivity index (χ4v) is 4.47. The Morgan fingerprint density at radius 2 is 1.38 bits per heavy atom. The molecule has 2 atom stereocenters. The van der Waals surface area contributed by atoms with E-state index in [0.717, 1.165) is 43.3 Å². The minimum atomic E-state index is -4.95. The molecule has 2 amide bonds. The van der Waals surface area contributed by atoms with Crippen molar-refractivity contribution in [2.45, 2.75) is 43.9 Å². The SMILES string of the molecule is C[C@](O)(CO[C@@](C)(Cn1cnc2cc(F)ccc21)C(=O)Nc1ccc(C#N)c(C(F)(F)F)c1)C(=O)Nc1ccc(C#N)c(C(F)(F)F)c1. The molecule has 0 aliphatic heterocycles. The van der Waals surface area contributed by atoms with Gasteiger partial charge in [-0.25, -0.2) is 9.37 Å². The van der Waals surface area contributed by atoms with Gasteiger partial charge >= 0.3 is 12.4 Å². The number of halogens is 7. The number of fused-ring (bicyclic) bond motifs is 1. The van der Waals surface area contributed by atoms with Crippen LogP contribution in [-0.4, -0.2) is 44.3 Å². The molecular formula is C31H23F7N6O4. The molecule has 3 N–H and O–H groups in total. The number of nitrogens with one attached hydrogen (secondary N) is 2. The molecule has 48 heavy (non-hydrogen) atoms. The molecule has 0 fully saturated rings. The Hall–Kier alpha value is -5.52. The maximum Gasteiger partial charge on any atom is 0.417 e. The van der Waals surface area contributed by atoms with E-state index in [9.17, 15) is 45.4 Å². The van der Waals surface area contributed by atoms with Gasteiger partial charge in [-0.05, 0) is 62.4 Å². The summed E-state index contributed by atoms with van der Waals surface area (Å²) in [6.45, 7) is 0.677. The molecule has 0 bridgehead atoms. The minimum Gasteiger partial charge on any atom is -0.378 e. The predicted molar refractivity (Wildman–Crippen MR) is 154 cm³/mol. The summed E-state index contributed by atoms with van der Waals surface area (Å²) in [7, 11) is 0. The molecule has 17 heteroatoms. The highest BCUT2D eigenvalue weighted by Gasteiger charge is 2.41. The summed E-state index contributed by atoms with van der Waals surface area (Å²) in [5.74, 6) is -2.96. The second-order valence-corrected chi connectivity index (χ2v) is 10.9. The van der Waals surface area contributed by atoms with Crippen LogP contribution in [0.2, 0.25) is 0 Å². The van der Waals surface area contributed by atoms with E-state index in [2.05, 4.69) is 15.6 Å². The van der Waals surface area contributed by atoms with Crippen LogP contribution >= 0.6 is 0 Å². The topological polar surface area (TPSA) is 153 Å². The van der Waals surface area contributed by atoms with Crippen LogP contribution in [0, 0.1) is 28.5 Å². The highest BCUT2D eigenvalue weighted by atomic mass is 19.4. The molecule has 1 aromatic heterocycles. The standard InChI is InChI=1S/C31H23F7N6O4/c1-28(47,26(45)42-20-6-3-17(12-39)22(10-20)30(33,34)35)15-48-29(2,14-44-16-41-24-9-19(32)5-8-25(24)44)27(46)43-21-7-4-18(13-40)23(11-21)31(36,37)38/h3-11,16,47H,14-15H2,1-2H3,(H,42,45)(H,43,46)/t28-,29-/m0/s1. The Balaban J connectivity index is 1.63. The summed E-state index contributed by atoms with van der Waals surface area (Å²) in [5.41, 5.74) is -9.05. The van der Waals surface area contributed by atoms with E-state index < -0.39 is 82.3 Å². The van der Waals surface area contributed by atoms with Crippen molar-refractivity contribution in [3.63, 3.8) is 0 Å². The van der Waals surface area contributed by atoms with Gasteiger partial charge in [0.25, 0.3) is 11.8 Å². The second kappa shape index (κ2) is 12.9. The first-order valence-corrected chi connectivity index (χ1v) is 13.6. The number of carbonyl (C=O) groups is 2. The molecule has 4 rings (SSSR count). The summed E-state index contributed by atoms with van der Waals surface area (Å²) >= 11 is 0. The van der Waals surface area contributed by atoms with Crippen LogP contribution in [0.3, 0.4) is 0 Å². The zero-order valence-corrected chi connectivity index (χ0v) is 24.8. The van der Waals surface area contributed by atoms with E-state index in [0.29, 0.717) is 17.6 Å². The number of carbonyl (C=O) groups excluding carboxylic acids is 2. The number of benzene rings is 3. The third kappa shape index (κ3) is 7.71. The van der Waals surface area contributed by atoms with Crippen molar-refractivity contribution in [3.05, 3.63) is 89.0 Å². The number of rotatable bonds is 9. The van der Waals surface area contributed by atoms with E-state index in [4.69, 9.17) is 15.3 Å². The molecule has 10 nitrogen and oxygen atoms in total. The number of hydrogen-bond acceptors (Lipinski definition) is 7. The Labute approximate surface area is 267 Å². The fourth-order valence-electron chi connectivity index (χ4n) is 4.47. The van der Waals surface area contributed by atoms with Crippen LogP contribution in [-0.2, 0) is 33.2 Å². The number of aromatic nitrogens is 2. The first-order chi connectivity index (χ1) is 22.3. The average molecular weight is 677 g/mol. The predicted octanol–water partition coefficient (Wildman–Crippen LogP) is 5.76. The van der Waals surface area contributed by atoms with Gasteiger partial charge in [0.15, 0.2) is 11.2 Å². The van der Waals surface area contributed by atoms with Crippen LogP contribution in [0.25, 0.3) is 11.0 Å². The van der Waals surface area contributed by atoms with Gasteiger partial charge in [0, 0.05) is 17.4 Å². The number of ether oxygens (including phenoxy) is 1. The van der Waals surface area contributed by atoms with Crippen LogP contribution in [0.4, 0.5) is 42.1 Å². The van der Waals surface area contributed by atoms with E-state index in [1.807, 2.05) is 0 Å². The zero-order valence-electron chi connectivity index (χ0n) is 24.8. The molecule has 0 saturated heterocycles. The zero-order chi connectivity index (χ0) is 35.7. The van der Waals surface area contributed by atoms with Crippen LogP contribution in [0.5, 0.6) is 0 Å². The average Bonchev–Trinajstić information content (AvgIpc) is 3.40. The van der Waals surface area contributed by atoms with Gasteiger partial charge < -0.3 is 25.0 Å². The second-order valence-electron chi connectivity index (χ2n) is 10.9. The summed E-state index contributed by atoms with van der Waals surface area (Å²) in [6, 6.07) is 11.1. The van der Waals surface area contributed by atoms with Gasteiger partial charge in [-0.1, -0.05) is 0 Å². The molecule has 3 aromatic carbocycles. The highest BCUT2D eigenvalue weighted by Crippen LogP contribution is 2.35. The quantitative estimate of drug-likeness (QED) is 0.191. The summed E-state index contributed by atoms with van der Waals surface area (Å²) in [6.07, 6.45) is -8.67. The lowest BCUT2D eigenvalue weighted by molar-refractivity contribution is -0.159.